The molecule has 0 saturated carbocycles. The molecule has 1 aromatic carbocycles. The molecule has 1 fully saturated rings. The van der Waals surface area contributed by atoms with E-state index >= 15 is 0 Å². The fourth-order valence-electron chi connectivity index (χ4n) is 1.72. The number of hydrogen-bond acceptors (Lipinski definition) is 1. The summed E-state index contributed by atoms with van der Waals surface area (Å²) in [5.74, 6) is 0.688. The van der Waals surface area contributed by atoms with Crippen molar-refractivity contribution in [3.8, 4) is 0 Å². The van der Waals surface area contributed by atoms with Gasteiger partial charge in [0.05, 0.1) is 0 Å². The summed E-state index contributed by atoms with van der Waals surface area (Å²) >= 11 is 9.22. The molecule has 1 aliphatic rings. The molecule has 0 N–H and O–H groups in total. The minimum Gasteiger partial charge on any atom is -0.338 e. The van der Waals surface area contributed by atoms with Crippen LogP contribution in [-0.4, -0.2) is 23.9 Å². The molecule has 2 nitrogen and oxygen atoms in total. The van der Waals surface area contributed by atoms with Crippen LogP contribution >= 0.6 is 27.5 Å². The first-order valence-corrected chi connectivity index (χ1v) is 5.99. The number of halogens is 2. The molecule has 0 radical (unpaired) electrons. The van der Waals surface area contributed by atoms with Crippen LogP contribution in [0.5, 0.6) is 0 Å². The fourth-order valence-corrected chi connectivity index (χ4v) is 2.58. The van der Waals surface area contributed by atoms with E-state index in [0.29, 0.717) is 16.5 Å². The van der Waals surface area contributed by atoms with Crippen molar-refractivity contribution < 1.29 is 4.79 Å². The molecule has 0 aliphatic carbocycles. The smallest absolute Gasteiger partial charge is 0.253 e. The Morgan fingerprint density at radius 2 is 2.13 bits per heavy atom. The van der Waals surface area contributed by atoms with Gasteiger partial charge in [0.1, 0.15) is 0 Å². The summed E-state index contributed by atoms with van der Waals surface area (Å²) in [7, 11) is 0. The summed E-state index contributed by atoms with van der Waals surface area (Å²) in [5, 5.41) is 0.585. The van der Waals surface area contributed by atoms with Crippen molar-refractivity contribution in [3.05, 3.63) is 33.3 Å². The number of hydrogen-bond donors (Lipinski definition) is 0. The quantitative estimate of drug-likeness (QED) is 0.777. The van der Waals surface area contributed by atoms with Crippen LogP contribution in [0.2, 0.25) is 5.02 Å². The lowest BCUT2D eigenvalue weighted by atomic mass is 10.0. The summed E-state index contributed by atoms with van der Waals surface area (Å²) in [6, 6.07) is 5.28. The molecule has 1 amide bonds. The molecule has 2 rings (SSSR count). The maximum atomic E-state index is 11.9. The minimum absolute atomic E-state index is 0.0660. The van der Waals surface area contributed by atoms with Crippen LogP contribution in [0.25, 0.3) is 0 Å². The van der Waals surface area contributed by atoms with Crippen molar-refractivity contribution in [2.45, 2.75) is 6.92 Å². The van der Waals surface area contributed by atoms with E-state index in [0.717, 1.165) is 17.6 Å². The standard InChI is InChI=1S/C11H11BrClNO/c1-7-5-14(6-7)11(15)8-2-9(12)4-10(13)3-8/h2-4,7H,5-6H2,1H3. The zero-order chi connectivity index (χ0) is 11.0. The number of amides is 1. The average Bonchev–Trinajstić information content (AvgIpc) is 2.10. The molecular weight excluding hydrogens is 277 g/mol. The van der Waals surface area contributed by atoms with Crippen molar-refractivity contribution in [1.29, 1.82) is 0 Å². The Kier molecular flexibility index (Phi) is 3.03. The summed E-state index contributed by atoms with van der Waals surface area (Å²) < 4.78 is 0.840. The summed E-state index contributed by atoms with van der Waals surface area (Å²) in [6.07, 6.45) is 0. The molecule has 1 aliphatic heterocycles. The maximum absolute atomic E-state index is 11.9. The Bertz CT molecular complexity index is 381. The van der Waals surface area contributed by atoms with Gasteiger partial charge in [0, 0.05) is 28.1 Å². The van der Waals surface area contributed by atoms with Crippen LogP contribution in [0.15, 0.2) is 22.7 Å². The molecule has 80 valence electrons. The van der Waals surface area contributed by atoms with Gasteiger partial charge in [0.15, 0.2) is 0 Å². The van der Waals surface area contributed by atoms with Gasteiger partial charge < -0.3 is 4.90 Å². The lowest BCUT2D eigenvalue weighted by Gasteiger charge is -2.37. The SMILES string of the molecule is CC1CN(C(=O)c2cc(Cl)cc(Br)c2)C1. The third kappa shape index (κ3) is 2.34. The molecule has 0 spiro atoms. The van der Waals surface area contributed by atoms with Crippen molar-refractivity contribution in [3.63, 3.8) is 0 Å². The Morgan fingerprint density at radius 1 is 1.47 bits per heavy atom. The van der Waals surface area contributed by atoms with Gasteiger partial charge in [-0.2, -0.15) is 0 Å². The van der Waals surface area contributed by atoms with Crippen molar-refractivity contribution in [2.24, 2.45) is 5.92 Å². The van der Waals surface area contributed by atoms with Crippen molar-refractivity contribution in [1.82, 2.24) is 4.90 Å². The predicted octanol–water partition coefficient (Wildman–Crippen LogP) is 3.19. The van der Waals surface area contributed by atoms with Crippen LogP contribution in [-0.2, 0) is 0 Å². The van der Waals surface area contributed by atoms with E-state index in [2.05, 4.69) is 22.9 Å². The summed E-state index contributed by atoms with van der Waals surface area (Å²) in [4.78, 5) is 13.8. The van der Waals surface area contributed by atoms with E-state index in [9.17, 15) is 4.79 Å². The highest BCUT2D eigenvalue weighted by Crippen LogP contribution is 2.23. The zero-order valence-electron chi connectivity index (χ0n) is 8.34. The number of likely N-dealkylation sites (tertiary alicyclic amines) is 1. The first-order valence-electron chi connectivity index (χ1n) is 4.81. The first-order chi connectivity index (χ1) is 7.06. The fraction of sp³-hybridized carbons (Fsp3) is 0.364. The number of carbonyl (C=O) groups excluding carboxylic acids is 1. The molecule has 0 bridgehead atoms. The van der Waals surface area contributed by atoms with Crippen molar-refractivity contribution >= 4 is 33.4 Å². The van der Waals surface area contributed by atoms with E-state index in [1.54, 1.807) is 18.2 Å². The maximum Gasteiger partial charge on any atom is 0.253 e. The Morgan fingerprint density at radius 3 is 2.67 bits per heavy atom. The topological polar surface area (TPSA) is 20.3 Å². The Labute approximate surface area is 102 Å². The van der Waals surface area contributed by atoms with Crippen LogP contribution in [0.1, 0.15) is 17.3 Å². The van der Waals surface area contributed by atoms with Gasteiger partial charge in [-0.1, -0.05) is 34.5 Å². The van der Waals surface area contributed by atoms with Crippen molar-refractivity contribution in [2.75, 3.05) is 13.1 Å². The highest BCUT2D eigenvalue weighted by Gasteiger charge is 2.27. The number of nitrogens with zero attached hydrogens (tertiary/aromatic N) is 1. The summed E-state index contributed by atoms with van der Waals surface area (Å²) in [5.41, 5.74) is 0.654. The van der Waals surface area contributed by atoms with Gasteiger partial charge in [0.25, 0.3) is 5.91 Å². The Balaban J connectivity index is 2.18. The van der Waals surface area contributed by atoms with Crippen LogP contribution < -0.4 is 0 Å². The van der Waals surface area contributed by atoms with Gasteiger partial charge in [-0.05, 0) is 24.1 Å². The first kappa shape index (κ1) is 11.0. The average molecular weight is 289 g/mol. The largest absolute Gasteiger partial charge is 0.338 e. The molecule has 0 aromatic heterocycles. The molecule has 4 heteroatoms. The third-order valence-electron chi connectivity index (χ3n) is 2.46. The molecule has 1 saturated heterocycles. The highest BCUT2D eigenvalue weighted by molar-refractivity contribution is 9.10. The number of rotatable bonds is 1. The second kappa shape index (κ2) is 4.14. The monoisotopic (exact) mass is 287 g/mol. The van der Waals surface area contributed by atoms with E-state index in [-0.39, 0.29) is 5.91 Å². The molecule has 1 heterocycles. The van der Waals surface area contributed by atoms with E-state index in [4.69, 9.17) is 11.6 Å². The molecule has 1 aromatic rings. The van der Waals surface area contributed by atoms with E-state index < -0.39 is 0 Å². The van der Waals surface area contributed by atoms with Crippen LogP contribution in [0.4, 0.5) is 0 Å². The van der Waals surface area contributed by atoms with Crippen LogP contribution in [0, 0.1) is 5.92 Å². The van der Waals surface area contributed by atoms with Gasteiger partial charge in [-0.15, -0.1) is 0 Å². The predicted molar refractivity (Wildman–Crippen MR) is 64.2 cm³/mol. The van der Waals surface area contributed by atoms with Gasteiger partial charge in [0.2, 0.25) is 0 Å². The zero-order valence-corrected chi connectivity index (χ0v) is 10.7. The van der Waals surface area contributed by atoms with E-state index in [1.807, 2.05) is 4.90 Å². The Hall–Kier alpha value is -0.540. The van der Waals surface area contributed by atoms with Gasteiger partial charge in [-0.3, -0.25) is 4.79 Å². The number of carbonyl (C=O) groups is 1. The van der Waals surface area contributed by atoms with Crippen LogP contribution in [0.3, 0.4) is 0 Å². The molecule has 0 unspecified atom stereocenters. The molecule has 15 heavy (non-hydrogen) atoms. The molecule has 0 atom stereocenters. The summed E-state index contributed by atoms with van der Waals surface area (Å²) in [6.45, 7) is 3.84. The van der Waals surface area contributed by atoms with Gasteiger partial charge >= 0.3 is 0 Å². The second-order valence-electron chi connectivity index (χ2n) is 3.97. The van der Waals surface area contributed by atoms with E-state index in [1.165, 1.54) is 0 Å². The molecular formula is C11H11BrClNO. The lowest BCUT2D eigenvalue weighted by molar-refractivity contribution is 0.0530. The van der Waals surface area contributed by atoms with Gasteiger partial charge in [-0.25, -0.2) is 0 Å². The second-order valence-corrected chi connectivity index (χ2v) is 5.33. The highest BCUT2D eigenvalue weighted by atomic mass is 79.9. The number of benzene rings is 1. The normalized spacial score (nSPS) is 16.3. The minimum atomic E-state index is 0.0660. The third-order valence-corrected chi connectivity index (χ3v) is 3.14. The lowest BCUT2D eigenvalue weighted by Crippen LogP contribution is -2.48.